The number of benzene rings is 6. The van der Waals surface area contributed by atoms with Crippen molar-refractivity contribution in [3.63, 3.8) is 0 Å². The van der Waals surface area contributed by atoms with Gasteiger partial charge in [-0.05, 0) is 89.0 Å². The van der Waals surface area contributed by atoms with Gasteiger partial charge < -0.3 is 0 Å². The molecule has 0 aromatic heterocycles. The first kappa shape index (κ1) is 18.7. The molecule has 0 amide bonds. The molecule has 0 unspecified atom stereocenters. The van der Waals surface area contributed by atoms with E-state index in [1.807, 2.05) is 0 Å². The third-order valence-electron chi connectivity index (χ3n) is 8.99. The summed E-state index contributed by atoms with van der Waals surface area (Å²) in [6.45, 7) is 9.50. The summed E-state index contributed by atoms with van der Waals surface area (Å²) in [5.74, 6) is 0. The molecular weight excluding hydrogens is 408 g/mol. The third kappa shape index (κ3) is 1.95. The highest BCUT2D eigenvalue weighted by Gasteiger charge is 2.39. The molecule has 8 rings (SSSR count). The Bertz CT molecular complexity index is 1710. The Labute approximate surface area is 200 Å². The summed E-state index contributed by atoms with van der Waals surface area (Å²) in [6, 6.07) is 32.5. The Morgan fingerprint density at radius 3 is 1.29 bits per heavy atom. The predicted molar refractivity (Wildman–Crippen MR) is 145 cm³/mol. The van der Waals surface area contributed by atoms with Gasteiger partial charge in [0, 0.05) is 10.8 Å². The zero-order valence-corrected chi connectivity index (χ0v) is 20.1. The predicted octanol–water partition coefficient (Wildman–Crippen LogP) is 9.20. The molecule has 6 aromatic rings. The van der Waals surface area contributed by atoms with Crippen LogP contribution in [0.4, 0.5) is 0 Å². The molecule has 0 bridgehead atoms. The summed E-state index contributed by atoms with van der Waals surface area (Å²) in [5.41, 5.74) is 11.5. The fourth-order valence-corrected chi connectivity index (χ4v) is 7.30. The second-order valence-electron chi connectivity index (χ2n) is 11.4. The van der Waals surface area contributed by atoms with Crippen LogP contribution in [-0.2, 0) is 10.8 Å². The van der Waals surface area contributed by atoms with Crippen molar-refractivity contribution in [2.45, 2.75) is 38.5 Å². The molecule has 0 heterocycles. The molecule has 0 heteroatoms. The second kappa shape index (κ2) is 5.70. The summed E-state index contributed by atoms with van der Waals surface area (Å²) < 4.78 is 0. The molecule has 0 atom stereocenters. The third-order valence-corrected chi connectivity index (χ3v) is 8.99. The molecule has 0 radical (unpaired) electrons. The maximum absolute atomic E-state index is 2.47. The molecule has 0 nitrogen and oxygen atoms in total. The molecule has 0 aliphatic heterocycles. The van der Waals surface area contributed by atoms with E-state index < -0.39 is 0 Å². The summed E-state index contributed by atoms with van der Waals surface area (Å²) in [7, 11) is 0. The fourth-order valence-electron chi connectivity index (χ4n) is 7.30. The lowest BCUT2D eigenvalue weighted by Gasteiger charge is -2.24. The average molecular weight is 435 g/mol. The van der Waals surface area contributed by atoms with Crippen molar-refractivity contribution < 1.29 is 0 Å². The van der Waals surface area contributed by atoms with Crippen LogP contribution in [0.2, 0.25) is 0 Å². The molecule has 2 aliphatic rings. The van der Waals surface area contributed by atoms with Gasteiger partial charge in [0.15, 0.2) is 0 Å². The first-order valence-electron chi connectivity index (χ1n) is 12.4. The zero-order chi connectivity index (χ0) is 23.0. The molecule has 0 spiro atoms. The number of rotatable bonds is 0. The van der Waals surface area contributed by atoms with Crippen molar-refractivity contribution in [3.8, 4) is 22.3 Å². The monoisotopic (exact) mass is 434 g/mol. The minimum atomic E-state index is 0.0145. The topological polar surface area (TPSA) is 0 Å². The van der Waals surface area contributed by atoms with Crippen molar-refractivity contribution in [1.29, 1.82) is 0 Å². The molecule has 34 heavy (non-hydrogen) atoms. The molecule has 0 saturated carbocycles. The minimum Gasteiger partial charge on any atom is -0.0619 e. The van der Waals surface area contributed by atoms with Gasteiger partial charge in [0.25, 0.3) is 0 Å². The lowest BCUT2D eigenvalue weighted by Crippen LogP contribution is -2.15. The maximum atomic E-state index is 2.47. The summed E-state index contributed by atoms with van der Waals surface area (Å²) in [5, 5.41) is 8.36. The largest absolute Gasteiger partial charge is 0.0619 e. The van der Waals surface area contributed by atoms with E-state index in [1.165, 1.54) is 76.8 Å². The highest BCUT2D eigenvalue weighted by atomic mass is 14.4. The van der Waals surface area contributed by atoms with Crippen molar-refractivity contribution in [2.24, 2.45) is 0 Å². The van der Waals surface area contributed by atoms with E-state index in [1.54, 1.807) is 0 Å². The second-order valence-corrected chi connectivity index (χ2v) is 11.4. The van der Waals surface area contributed by atoms with Crippen LogP contribution in [0.3, 0.4) is 0 Å². The van der Waals surface area contributed by atoms with Gasteiger partial charge in [-0.15, -0.1) is 0 Å². The molecule has 0 fully saturated rings. The van der Waals surface area contributed by atoms with E-state index in [0.717, 1.165) is 0 Å². The number of hydrogen-bond donors (Lipinski definition) is 0. The minimum absolute atomic E-state index is 0.0145. The Kier molecular flexibility index (Phi) is 3.14. The Balaban J connectivity index is 1.59. The van der Waals surface area contributed by atoms with Crippen molar-refractivity contribution in [1.82, 2.24) is 0 Å². The van der Waals surface area contributed by atoms with Gasteiger partial charge >= 0.3 is 0 Å². The van der Waals surface area contributed by atoms with E-state index in [-0.39, 0.29) is 10.8 Å². The molecule has 162 valence electrons. The van der Waals surface area contributed by atoms with Crippen molar-refractivity contribution in [2.75, 3.05) is 0 Å². The quantitative estimate of drug-likeness (QED) is 0.209. The van der Waals surface area contributed by atoms with E-state index >= 15 is 0 Å². The highest BCUT2D eigenvalue weighted by Crippen LogP contribution is 2.56. The molecule has 6 aromatic carbocycles. The highest BCUT2D eigenvalue weighted by molar-refractivity contribution is 6.29. The lowest BCUT2D eigenvalue weighted by molar-refractivity contribution is 0.661. The standard InChI is InChI=1S/C34H26/c1-33(2)25-11-7-5-9-21(25)31-23-15-16-24-30-20(14-13-19(29(23)30)17-27(31)33)18-28-32(24)22-10-6-8-12-26(22)34(28,3)4/h5-18H,1-4H3. The van der Waals surface area contributed by atoms with Gasteiger partial charge in [0.2, 0.25) is 0 Å². The van der Waals surface area contributed by atoms with Gasteiger partial charge in [-0.3, -0.25) is 0 Å². The fraction of sp³-hybridized carbons (Fsp3) is 0.176. The van der Waals surface area contributed by atoms with Gasteiger partial charge in [-0.2, -0.15) is 0 Å². The molecule has 2 aliphatic carbocycles. The number of hydrogen-bond acceptors (Lipinski definition) is 0. The Morgan fingerprint density at radius 1 is 0.441 bits per heavy atom. The van der Waals surface area contributed by atoms with Crippen LogP contribution in [0.1, 0.15) is 49.9 Å². The molecule has 0 saturated heterocycles. The van der Waals surface area contributed by atoms with Crippen LogP contribution >= 0.6 is 0 Å². The van der Waals surface area contributed by atoms with E-state index in [2.05, 4.69) is 113 Å². The van der Waals surface area contributed by atoms with Gasteiger partial charge in [0.1, 0.15) is 0 Å². The summed E-state index contributed by atoms with van der Waals surface area (Å²) in [6.07, 6.45) is 0. The average Bonchev–Trinajstić information content (AvgIpc) is 3.22. The van der Waals surface area contributed by atoms with Crippen LogP contribution in [0, 0.1) is 0 Å². The molecule has 0 N–H and O–H groups in total. The van der Waals surface area contributed by atoms with Crippen LogP contribution < -0.4 is 0 Å². The summed E-state index contributed by atoms with van der Waals surface area (Å²) >= 11 is 0. The Hall–Kier alpha value is -3.64. The van der Waals surface area contributed by atoms with E-state index in [4.69, 9.17) is 0 Å². The zero-order valence-electron chi connectivity index (χ0n) is 20.1. The first-order valence-corrected chi connectivity index (χ1v) is 12.4. The lowest BCUT2D eigenvalue weighted by atomic mass is 9.79. The van der Waals surface area contributed by atoms with Crippen LogP contribution in [-0.4, -0.2) is 0 Å². The van der Waals surface area contributed by atoms with Crippen LogP contribution in [0.25, 0.3) is 54.6 Å². The smallest absolute Gasteiger partial charge is 0.0159 e. The SMILES string of the molecule is CC1(C)c2ccccc2-c2c1cc1ccc3cc4c(c5ccc2c1c35)-c1ccccc1C4(C)C. The van der Waals surface area contributed by atoms with Crippen molar-refractivity contribution >= 4 is 32.3 Å². The van der Waals surface area contributed by atoms with Gasteiger partial charge in [0.05, 0.1) is 0 Å². The normalized spacial score (nSPS) is 16.7. The molecular formula is C34H26. The van der Waals surface area contributed by atoms with Crippen LogP contribution in [0.15, 0.2) is 84.9 Å². The first-order chi connectivity index (χ1) is 16.4. The van der Waals surface area contributed by atoms with Crippen molar-refractivity contribution in [3.05, 3.63) is 107 Å². The van der Waals surface area contributed by atoms with E-state index in [9.17, 15) is 0 Å². The van der Waals surface area contributed by atoms with Gasteiger partial charge in [-0.1, -0.05) is 100 Å². The maximum Gasteiger partial charge on any atom is 0.0159 e. The Morgan fingerprint density at radius 2 is 0.853 bits per heavy atom. The van der Waals surface area contributed by atoms with Gasteiger partial charge in [-0.25, -0.2) is 0 Å². The van der Waals surface area contributed by atoms with E-state index in [0.29, 0.717) is 0 Å². The number of fused-ring (bicyclic) bond motifs is 8. The van der Waals surface area contributed by atoms with Crippen LogP contribution in [0.5, 0.6) is 0 Å². The summed E-state index contributed by atoms with van der Waals surface area (Å²) in [4.78, 5) is 0.